The number of aryl methyl sites for hydroxylation is 1. The number of alkyl halides is 8. The van der Waals surface area contributed by atoms with E-state index in [4.69, 9.17) is 16.3 Å². The van der Waals surface area contributed by atoms with Crippen LogP contribution in [0.15, 0.2) is 42.5 Å². The maximum Gasteiger partial charge on any atom is 0.417 e. The summed E-state index contributed by atoms with van der Waals surface area (Å²) in [6.07, 6.45) is -12.2. The molecule has 7 rings (SSSR count). The second-order valence-corrected chi connectivity index (χ2v) is 30.1. The lowest BCUT2D eigenvalue weighted by atomic mass is 9.90. The highest BCUT2D eigenvalue weighted by atomic mass is 35.5. The minimum Gasteiger partial charge on any atom is -0.378 e. The van der Waals surface area contributed by atoms with Crippen molar-refractivity contribution < 1.29 is 97.4 Å². The van der Waals surface area contributed by atoms with E-state index in [1.54, 1.807) is 41.5 Å². The summed E-state index contributed by atoms with van der Waals surface area (Å²) in [6.45, 7) is 9.69. The van der Waals surface area contributed by atoms with Crippen molar-refractivity contribution in [3.8, 4) is 0 Å². The summed E-state index contributed by atoms with van der Waals surface area (Å²) in [6, 6.07) is -7.75. The number of halogens is 9. The number of carbonyl (C=O) groups excluding carboxylic acids is 12. The maximum atomic E-state index is 16.2. The van der Waals surface area contributed by atoms with Gasteiger partial charge in [0, 0.05) is 74.8 Å². The van der Waals surface area contributed by atoms with Gasteiger partial charge in [0.2, 0.25) is 70.9 Å². The Labute approximate surface area is 623 Å². The molecule has 2 aromatic rings. The summed E-state index contributed by atoms with van der Waals surface area (Å²) in [5, 5.41) is 7.22. The zero-order valence-electron chi connectivity index (χ0n) is 62.8. The summed E-state index contributed by atoms with van der Waals surface area (Å²) in [5.41, 5.74) is -4.04. The Kier molecular flexibility index (Phi) is 28.5. The topological polar surface area (TPSA) is 279 Å². The van der Waals surface area contributed by atoms with E-state index in [9.17, 15) is 59.9 Å². The fourth-order valence-corrected chi connectivity index (χ4v) is 14.9. The minimum atomic E-state index is -4.90. The third-order valence-electron chi connectivity index (χ3n) is 21.8. The van der Waals surface area contributed by atoms with Gasteiger partial charge in [-0.25, -0.2) is 8.78 Å². The van der Waals surface area contributed by atoms with Crippen LogP contribution in [0.25, 0.3) is 0 Å². The highest BCUT2D eigenvalue weighted by molar-refractivity contribution is 6.31. The zero-order chi connectivity index (χ0) is 79.9. The largest absolute Gasteiger partial charge is 0.417 e. The molecule has 0 bridgehead atoms. The number of hydrogen-bond acceptors (Lipinski definition) is 13. The van der Waals surface area contributed by atoms with E-state index in [1.165, 1.54) is 47.1 Å². The molecule has 5 aliphatic rings. The van der Waals surface area contributed by atoms with Gasteiger partial charge in [-0.2, -0.15) is 26.3 Å². The highest BCUT2D eigenvalue weighted by Crippen LogP contribution is 2.39. The lowest BCUT2D eigenvalue weighted by molar-refractivity contribution is -0.160. The van der Waals surface area contributed by atoms with Crippen molar-refractivity contribution in [3.63, 3.8) is 0 Å². The van der Waals surface area contributed by atoms with Gasteiger partial charge in [0.1, 0.15) is 59.9 Å². The van der Waals surface area contributed by atoms with E-state index < -0.39 is 216 Å². The second kappa shape index (κ2) is 35.4. The Hall–Kier alpha value is -8.23. The van der Waals surface area contributed by atoms with Gasteiger partial charge in [0.25, 0.3) is 5.92 Å². The van der Waals surface area contributed by atoms with Crippen LogP contribution in [0, 0.1) is 17.8 Å². The first-order valence-corrected chi connectivity index (χ1v) is 36.6. The van der Waals surface area contributed by atoms with Crippen molar-refractivity contribution in [2.45, 2.75) is 210 Å². The lowest BCUT2D eigenvalue weighted by Gasteiger charge is -2.45. The molecule has 0 unspecified atom stereocenters. The van der Waals surface area contributed by atoms with Crippen LogP contribution in [0.1, 0.15) is 141 Å². The van der Waals surface area contributed by atoms with Gasteiger partial charge < -0.3 is 64.8 Å². The van der Waals surface area contributed by atoms with Crippen molar-refractivity contribution in [1.82, 2.24) is 60.0 Å². The van der Waals surface area contributed by atoms with Crippen LogP contribution in [0.5, 0.6) is 0 Å². The van der Waals surface area contributed by atoms with Crippen molar-refractivity contribution in [3.05, 3.63) is 69.7 Å². The molecule has 12 amide bonds. The SMILES string of the molecule is CC[C@H](C)[C@@H]1NC(=O)[C@H](CC(C)C)N(C)C(=O)C[C@@H](C(=O)N2CCOCC2)N(C)C(=O)[C@H]([C@@H](C)CC)N(C)C(=O)C2(CCCC2)NC(=O)[C@@H]2CC(F)(F)CN2C(=O)[C@H](CCc2ccc(C(F)(F)F)c(Cl)c2)NC(=O)CN(C)C(=O)[C@H](Cc2ccc(C(F)(F)F)cc2)N(C)C(=O)[C@@H]2CCN2C(=O)[C@H](C)N(C)C1=O. The van der Waals surface area contributed by atoms with Gasteiger partial charge in [-0.05, 0) is 98.6 Å². The summed E-state index contributed by atoms with van der Waals surface area (Å²) in [5.74, 6) is -16.5. The molecule has 4 heterocycles. The van der Waals surface area contributed by atoms with Crippen molar-refractivity contribution in [2.24, 2.45) is 17.8 Å². The van der Waals surface area contributed by atoms with Gasteiger partial charge in [-0.1, -0.05) is 97.0 Å². The minimum absolute atomic E-state index is 0.0109. The average molecular weight is 1540 g/mol. The van der Waals surface area contributed by atoms with Crippen LogP contribution in [-0.2, 0) is 87.5 Å². The third kappa shape index (κ3) is 20.2. The number of amides is 12. The molecule has 1 aliphatic carbocycles. The molecule has 0 radical (unpaired) electrons. The van der Waals surface area contributed by atoms with Crippen molar-refractivity contribution in [2.75, 3.05) is 88.2 Å². The predicted octanol–water partition coefficient (Wildman–Crippen LogP) is 5.80. The fourth-order valence-electron chi connectivity index (χ4n) is 14.6. The molecule has 0 aromatic heterocycles. The Balaban J connectivity index is 1.34. The molecular formula is C73H101ClF8N12O13. The average Bonchev–Trinajstić information content (AvgIpc) is 1.72. The van der Waals surface area contributed by atoms with E-state index in [0.717, 1.165) is 77.7 Å². The summed E-state index contributed by atoms with van der Waals surface area (Å²) < 4.78 is 121. The third-order valence-corrected chi connectivity index (χ3v) is 22.1. The molecular weight excluding hydrogens is 1440 g/mol. The van der Waals surface area contributed by atoms with Gasteiger partial charge >= 0.3 is 12.4 Å². The molecule has 1 saturated carbocycles. The summed E-state index contributed by atoms with van der Waals surface area (Å²) >= 11 is 6.08. The molecule has 1 spiro atoms. The van der Waals surface area contributed by atoms with Crippen LogP contribution in [0.2, 0.25) is 5.02 Å². The van der Waals surface area contributed by atoms with Crippen LogP contribution in [0.3, 0.4) is 0 Å². The fraction of sp³-hybridized carbons (Fsp3) is 0.671. The number of likely N-dealkylation sites (N-methyl/N-ethyl adjacent to an activating group) is 6. The Bertz CT molecular complexity index is 3620. The molecule has 4 aliphatic heterocycles. The summed E-state index contributed by atoms with van der Waals surface area (Å²) in [7, 11) is 7.53. The first-order chi connectivity index (χ1) is 49.9. The van der Waals surface area contributed by atoms with Crippen molar-refractivity contribution in [1.29, 1.82) is 0 Å². The van der Waals surface area contributed by atoms with Gasteiger partial charge in [0.05, 0.1) is 48.9 Å². The summed E-state index contributed by atoms with van der Waals surface area (Å²) in [4.78, 5) is 189. The maximum absolute atomic E-state index is 16.2. The van der Waals surface area contributed by atoms with Gasteiger partial charge in [0.15, 0.2) is 0 Å². The van der Waals surface area contributed by atoms with E-state index >= 15 is 32.8 Å². The smallest absolute Gasteiger partial charge is 0.378 e. The van der Waals surface area contributed by atoms with Crippen molar-refractivity contribution >= 4 is 82.5 Å². The first kappa shape index (κ1) is 86.0. The second-order valence-electron chi connectivity index (χ2n) is 29.7. The molecule has 594 valence electrons. The molecule has 4 saturated heterocycles. The van der Waals surface area contributed by atoms with E-state index in [1.807, 2.05) is 0 Å². The number of ether oxygens (including phenoxy) is 1. The van der Waals surface area contributed by atoms with Crippen LogP contribution < -0.4 is 16.0 Å². The van der Waals surface area contributed by atoms with Crippen LogP contribution in [-0.4, -0.2) is 269 Å². The van der Waals surface area contributed by atoms with E-state index in [-0.39, 0.29) is 88.4 Å². The number of hydrogen-bond donors (Lipinski definition) is 3. The number of rotatable bonds is 12. The molecule has 5 fully saturated rings. The Morgan fingerprint density at radius 2 is 1.26 bits per heavy atom. The normalized spacial score (nSPS) is 26.6. The van der Waals surface area contributed by atoms with Gasteiger partial charge in [-0.3, -0.25) is 57.5 Å². The number of carbonyl (C=O) groups is 12. The standard InChI is InChI=1S/C73H101ClF8N12O13/c1-14-42(5)58-67(104)87(9)44(7)62(99)93-29-26-51(93)65(102)89(11)53(36-46-18-22-47(23-19-46)72(77,78)79)64(101)86(8)39-56(95)83-50(25-21-45-20-24-48(49(74)35-45)73(80,81)82)63(100)94-40-71(75,76)38-55(94)61(98)85-70(27-16-17-28-70)69(106)91(13)59(43(6)15-2)68(105)90(12)54(66(103)92-30-32-107-33-31-92)37-57(96)88(10)52(34-41(3)4)60(97)84-58/h18-20,22-24,35,41-44,50-55,58-59H,14-17,21,25-34,36-40H2,1-13H3,(H,83,95)(H,84,97)(H,85,98)/t42-,43-,44-,50-,51-,52-,53-,54-,55-,58-,59-/m0/s1. The molecule has 11 atom stereocenters. The van der Waals surface area contributed by atoms with Crippen LogP contribution in [0.4, 0.5) is 35.1 Å². The molecule has 107 heavy (non-hydrogen) atoms. The molecule has 2 aromatic carbocycles. The molecule has 34 heteroatoms. The van der Waals surface area contributed by atoms with Crippen LogP contribution >= 0.6 is 11.6 Å². The number of nitrogens with one attached hydrogen (secondary N) is 3. The number of fused-ring (bicyclic) bond motifs is 2. The number of nitrogens with zero attached hydrogens (tertiary/aromatic N) is 9. The van der Waals surface area contributed by atoms with E-state index in [0.29, 0.717) is 30.2 Å². The first-order valence-electron chi connectivity index (χ1n) is 36.3. The molecule has 25 nitrogen and oxygen atoms in total. The molecule has 3 N–H and O–H groups in total. The zero-order valence-corrected chi connectivity index (χ0v) is 63.6. The Morgan fingerprint density at radius 1 is 0.654 bits per heavy atom. The van der Waals surface area contributed by atoms with E-state index in [2.05, 4.69) is 16.0 Å². The number of morpholine rings is 1. The lowest BCUT2D eigenvalue weighted by Crippen LogP contribution is -2.65. The quantitative estimate of drug-likeness (QED) is 0.212. The van der Waals surface area contributed by atoms with Gasteiger partial charge in [-0.15, -0.1) is 0 Å². The monoisotopic (exact) mass is 1540 g/mol. The highest BCUT2D eigenvalue weighted by Gasteiger charge is 2.56. The Morgan fingerprint density at radius 3 is 1.81 bits per heavy atom. The number of benzene rings is 2. The predicted molar refractivity (Wildman–Crippen MR) is 375 cm³/mol.